The molecule has 0 saturated heterocycles. The van der Waals surface area contributed by atoms with Gasteiger partial charge in [0.1, 0.15) is 5.75 Å². The molecule has 0 aliphatic rings. The van der Waals surface area contributed by atoms with Crippen molar-refractivity contribution in [2.24, 2.45) is 0 Å². The summed E-state index contributed by atoms with van der Waals surface area (Å²) in [7, 11) is 0. The van der Waals surface area contributed by atoms with E-state index >= 15 is 0 Å². The number of rotatable bonds is 9. The molecular weight excluding hydrogens is 250 g/mol. The van der Waals surface area contributed by atoms with Crippen molar-refractivity contribution < 1.29 is 9.84 Å². The SMILES string of the molecule is CC(C)(C)c1ccc(OCCCCCNCCO)cc1. The molecule has 3 nitrogen and oxygen atoms in total. The van der Waals surface area contributed by atoms with Crippen LogP contribution in [0, 0.1) is 0 Å². The summed E-state index contributed by atoms with van der Waals surface area (Å²) in [5.74, 6) is 0.955. The Labute approximate surface area is 123 Å². The molecule has 0 aliphatic carbocycles. The highest BCUT2D eigenvalue weighted by molar-refractivity contribution is 5.31. The van der Waals surface area contributed by atoms with Crippen molar-refractivity contribution in [3.63, 3.8) is 0 Å². The Morgan fingerprint density at radius 2 is 1.70 bits per heavy atom. The van der Waals surface area contributed by atoms with Crippen molar-refractivity contribution in [2.45, 2.75) is 45.4 Å². The van der Waals surface area contributed by atoms with Gasteiger partial charge in [0, 0.05) is 6.54 Å². The zero-order valence-electron chi connectivity index (χ0n) is 13.1. The van der Waals surface area contributed by atoms with Crippen LogP contribution >= 0.6 is 0 Å². The second-order valence-corrected chi connectivity index (χ2v) is 6.16. The zero-order chi connectivity index (χ0) is 14.8. The highest BCUT2D eigenvalue weighted by Crippen LogP contribution is 2.24. The maximum Gasteiger partial charge on any atom is 0.119 e. The van der Waals surface area contributed by atoms with Crippen LogP contribution in [-0.2, 0) is 5.41 Å². The summed E-state index contributed by atoms with van der Waals surface area (Å²) in [6, 6.07) is 8.41. The molecule has 0 aliphatic heterocycles. The predicted molar refractivity (Wildman–Crippen MR) is 84.4 cm³/mol. The molecule has 0 unspecified atom stereocenters. The molecular formula is C17H29NO2. The average Bonchev–Trinajstić information content (AvgIpc) is 2.41. The van der Waals surface area contributed by atoms with Crippen molar-refractivity contribution in [3.8, 4) is 5.75 Å². The molecule has 0 saturated carbocycles. The molecule has 3 heteroatoms. The fourth-order valence-electron chi connectivity index (χ4n) is 1.97. The van der Waals surface area contributed by atoms with Gasteiger partial charge in [0.15, 0.2) is 0 Å². The van der Waals surface area contributed by atoms with Crippen LogP contribution in [0.2, 0.25) is 0 Å². The molecule has 0 radical (unpaired) electrons. The summed E-state index contributed by atoms with van der Waals surface area (Å²) in [6.45, 7) is 9.30. The third-order valence-electron chi connectivity index (χ3n) is 3.28. The number of aliphatic hydroxyl groups is 1. The van der Waals surface area contributed by atoms with Crippen molar-refractivity contribution >= 4 is 0 Å². The molecule has 0 spiro atoms. The zero-order valence-corrected chi connectivity index (χ0v) is 13.1. The van der Waals surface area contributed by atoms with Crippen molar-refractivity contribution in [1.82, 2.24) is 5.32 Å². The van der Waals surface area contributed by atoms with E-state index in [0.717, 1.165) is 38.2 Å². The van der Waals surface area contributed by atoms with E-state index in [1.165, 1.54) is 5.56 Å². The average molecular weight is 279 g/mol. The molecule has 0 amide bonds. The Morgan fingerprint density at radius 1 is 1.00 bits per heavy atom. The lowest BCUT2D eigenvalue weighted by molar-refractivity contribution is 0.289. The highest BCUT2D eigenvalue weighted by atomic mass is 16.5. The van der Waals surface area contributed by atoms with E-state index in [4.69, 9.17) is 9.84 Å². The maximum absolute atomic E-state index is 8.62. The van der Waals surface area contributed by atoms with E-state index < -0.39 is 0 Å². The lowest BCUT2D eigenvalue weighted by atomic mass is 9.87. The van der Waals surface area contributed by atoms with Gasteiger partial charge in [-0.25, -0.2) is 0 Å². The second kappa shape index (κ2) is 8.98. The van der Waals surface area contributed by atoms with Crippen LogP contribution in [0.3, 0.4) is 0 Å². The van der Waals surface area contributed by atoms with Gasteiger partial charge in [-0.1, -0.05) is 32.9 Å². The second-order valence-electron chi connectivity index (χ2n) is 6.16. The van der Waals surface area contributed by atoms with E-state index in [2.05, 4.69) is 50.4 Å². The summed E-state index contributed by atoms with van der Waals surface area (Å²) in [5, 5.41) is 11.8. The minimum absolute atomic E-state index is 0.195. The summed E-state index contributed by atoms with van der Waals surface area (Å²) < 4.78 is 5.74. The Balaban J connectivity index is 2.13. The van der Waals surface area contributed by atoms with Crippen LogP contribution < -0.4 is 10.1 Å². The molecule has 0 atom stereocenters. The van der Waals surface area contributed by atoms with Gasteiger partial charge in [-0.15, -0.1) is 0 Å². The van der Waals surface area contributed by atoms with Gasteiger partial charge in [-0.3, -0.25) is 0 Å². The largest absolute Gasteiger partial charge is 0.494 e. The summed E-state index contributed by atoms with van der Waals surface area (Å²) in [5.41, 5.74) is 1.53. The smallest absolute Gasteiger partial charge is 0.119 e. The van der Waals surface area contributed by atoms with Crippen LogP contribution in [0.25, 0.3) is 0 Å². The Morgan fingerprint density at radius 3 is 2.30 bits per heavy atom. The Kier molecular flexibility index (Phi) is 7.63. The normalized spacial score (nSPS) is 11.6. The first-order chi connectivity index (χ1) is 9.54. The number of nitrogens with one attached hydrogen (secondary N) is 1. The van der Waals surface area contributed by atoms with Crippen molar-refractivity contribution in [3.05, 3.63) is 29.8 Å². The van der Waals surface area contributed by atoms with Gasteiger partial charge in [-0.05, 0) is 48.9 Å². The van der Waals surface area contributed by atoms with Gasteiger partial charge in [0.2, 0.25) is 0 Å². The molecule has 0 bridgehead atoms. The molecule has 1 aromatic carbocycles. The molecule has 114 valence electrons. The van der Waals surface area contributed by atoms with Gasteiger partial charge in [0.25, 0.3) is 0 Å². The molecule has 20 heavy (non-hydrogen) atoms. The third-order valence-corrected chi connectivity index (χ3v) is 3.28. The van der Waals surface area contributed by atoms with Crippen LogP contribution in [0.5, 0.6) is 5.75 Å². The third kappa shape index (κ3) is 6.92. The van der Waals surface area contributed by atoms with Crippen LogP contribution in [0.15, 0.2) is 24.3 Å². The molecule has 0 heterocycles. The van der Waals surface area contributed by atoms with Gasteiger partial charge in [0.05, 0.1) is 13.2 Å². The fraction of sp³-hybridized carbons (Fsp3) is 0.647. The van der Waals surface area contributed by atoms with Gasteiger partial charge in [-0.2, -0.15) is 0 Å². The molecule has 2 N–H and O–H groups in total. The molecule has 1 rings (SSSR count). The topological polar surface area (TPSA) is 41.5 Å². The predicted octanol–water partition coefficient (Wildman–Crippen LogP) is 3.12. The van der Waals surface area contributed by atoms with E-state index in [0.29, 0.717) is 6.54 Å². The number of aliphatic hydroxyl groups excluding tert-OH is 1. The Bertz CT molecular complexity index is 354. The van der Waals surface area contributed by atoms with Crippen molar-refractivity contribution in [2.75, 3.05) is 26.3 Å². The minimum Gasteiger partial charge on any atom is -0.494 e. The number of hydrogen-bond donors (Lipinski definition) is 2. The quantitative estimate of drug-likeness (QED) is 0.682. The van der Waals surface area contributed by atoms with E-state index in [9.17, 15) is 0 Å². The van der Waals surface area contributed by atoms with E-state index in [1.807, 2.05) is 0 Å². The lowest BCUT2D eigenvalue weighted by Gasteiger charge is -2.19. The standard InChI is InChI=1S/C17H29NO2/c1-17(2,3)15-7-9-16(10-8-15)20-14-6-4-5-11-18-12-13-19/h7-10,18-19H,4-6,11-14H2,1-3H3. The molecule has 0 aromatic heterocycles. The van der Waals surface area contributed by atoms with E-state index in [-0.39, 0.29) is 12.0 Å². The van der Waals surface area contributed by atoms with Gasteiger partial charge < -0.3 is 15.2 Å². The Hall–Kier alpha value is -1.06. The monoisotopic (exact) mass is 279 g/mol. The summed E-state index contributed by atoms with van der Waals surface area (Å²) >= 11 is 0. The number of unbranched alkanes of at least 4 members (excludes halogenated alkanes) is 2. The van der Waals surface area contributed by atoms with Gasteiger partial charge >= 0.3 is 0 Å². The first-order valence-electron chi connectivity index (χ1n) is 7.59. The maximum atomic E-state index is 8.62. The molecule has 0 fully saturated rings. The van der Waals surface area contributed by atoms with Crippen molar-refractivity contribution in [1.29, 1.82) is 0 Å². The van der Waals surface area contributed by atoms with Crippen LogP contribution in [-0.4, -0.2) is 31.4 Å². The molecule has 1 aromatic rings. The summed E-state index contributed by atoms with van der Waals surface area (Å²) in [6.07, 6.45) is 3.35. The van der Waals surface area contributed by atoms with Crippen LogP contribution in [0.4, 0.5) is 0 Å². The summed E-state index contributed by atoms with van der Waals surface area (Å²) in [4.78, 5) is 0. The van der Waals surface area contributed by atoms with E-state index in [1.54, 1.807) is 0 Å². The number of hydrogen-bond acceptors (Lipinski definition) is 3. The lowest BCUT2D eigenvalue weighted by Crippen LogP contribution is -2.19. The first kappa shape index (κ1) is 17.0. The first-order valence-corrected chi connectivity index (χ1v) is 7.59. The van der Waals surface area contributed by atoms with Crippen LogP contribution in [0.1, 0.15) is 45.6 Å². The highest BCUT2D eigenvalue weighted by Gasteiger charge is 2.12. The minimum atomic E-state index is 0.195. The number of ether oxygens (including phenoxy) is 1. The fourth-order valence-corrected chi connectivity index (χ4v) is 1.97. The number of benzene rings is 1.